The topological polar surface area (TPSA) is 90.9 Å². The first kappa shape index (κ1) is 26.9. The van der Waals surface area contributed by atoms with Crippen LogP contribution in [0.3, 0.4) is 0 Å². The van der Waals surface area contributed by atoms with Crippen LogP contribution in [0.2, 0.25) is 0 Å². The van der Waals surface area contributed by atoms with Gasteiger partial charge >= 0.3 is 6.09 Å². The fraction of sp³-hybridized carbons (Fsp3) is 0.667. The van der Waals surface area contributed by atoms with Gasteiger partial charge in [0, 0.05) is 16.7 Å². The number of halogens is 1. The molecule has 0 saturated carbocycles. The number of aliphatic hydroxyl groups excluding tert-OH is 1. The molecule has 32 heavy (non-hydrogen) atoms. The Bertz CT molecular complexity index is 766. The third-order valence-corrected chi connectivity index (χ3v) is 6.01. The second-order valence-corrected chi connectivity index (χ2v) is 11.2. The summed E-state index contributed by atoms with van der Waals surface area (Å²) in [6.45, 7) is 11.1. The number of aliphatic hydroxyl groups is 1. The summed E-state index contributed by atoms with van der Waals surface area (Å²) in [4.78, 5) is 27.2. The van der Waals surface area contributed by atoms with Crippen molar-refractivity contribution < 1.29 is 19.4 Å². The van der Waals surface area contributed by atoms with Gasteiger partial charge in [0.25, 0.3) is 0 Å². The largest absolute Gasteiger partial charge is 0.444 e. The van der Waals surface area contributed by atoms with Crippen LogP contribution in [0, 0.1) is 9.49 Å². The Labute approximate surface area is 205 Å². The zero-order chi connectivity index (χ0) is 23.9. The maximum atomic E-state index is 12.9. The minimum atomic E-state index is -0.797. The third-order valence-electron chi connectivity index (χ3n) is 5.34. The molecule has 0 unspecified atom stereocenters. The average molecular weight is 559 g/mol. The van der Waals surface area contributed by atoms with Gasteiger partial charge in [0.05, 0.1) is 18.2 Å². The average Bonchev–Trinajstić information content (AvgIpc) is 3.12. The van der Waals surface area contributed by atoms with Gasteiger partial charge in [0.15, 0.2) is 0 Å². The maximum Gasteiger partial charge on any atom is 0.407 e. The molecule has 3 atom stereocenters. The lowest BCUT2D eigenvalue weighted by Crippen LogP contribution is -2.52. The molecule has 0 bridgehead atoms. The maximum absolute atomic E-state index is 12.9. The normalized spacial score (nSPS) is 18.9. The smallest absolute Gasteiger partial charge is 0.407 e. The number of alkyl carbamates (subject to hydrolysis) is 1. The highest BCUT2D eigenvalue weighted by molar-refractivity contribution is 14.1. The number of likely N-dealkylation sites (tertiary alicyclic amines) is 1. The first-order valence-corrected chi connectivity index (χ1v) is 12.5. The molecule has 0 radical (unpaired) electrons. The summed E-state index contributed by atoms with van der Waals surface area (Å²) >= 11 is 2.26. The molecule has 1 aliphatic rings. The van der Waals surface area contributed by atoms with Crippen LogP contribution in [0.1, 0.15) is 59.4 Å². The molecule has 7 nitrogen and oxygen atoms in total. The SMILES string of the molecule is CC(C)C[C@H](NC(=O)OC(C)(C)C)[C@H](O)CN1CCC[C@H]1C(=O)NCc1cccc(I)c1. The van der Waals surface area contributed by atoms with Crippen molar-refractivity contribution in [3.05, 3.63) is 33.4 Å². The highest BCUT2D eigenvalue weighted by atomic mass is 127. The van der Waals surface area contributed by atoms with Crippen LogP contribution in [0.5, 0.6) is 0 Å². The van der Waals surface area contributed by atoms with E-state index in [2.05, 4.69) is 39.3 Å². The van der Waals surface area contributed by atoms with Gasteiger partial charge in [-0.15, -0.1) is 0 Å². The molecule has 0 aliphatic carbocycles. The van der Waals surface area contributed by atoms with Crippen molar-refractivity contribution in [1.29, 1.82) is 0 Å². The van der Waals surface area contributed by atoms with Crippen LogP contribution in [0.25, 0.3) is 0 Å². The van der Waals surface area contributed by atoms with Crippen molar-refractivity contribution >= 4 is 34.6 Å². The Hall–Kier alpha value is -1.39. The van der Waals surface area contributed by atoms with Crippen LogP contribution in [-0.2, 0) is 16.1 Å². The summed E-state index contributed by atoms with van der Waals surface area (Å²) in [5, 5.41) is 16.8. The number of nitrogens with one attached hydrogen (secondary N) is 2. The van der Waals surface area contributed by atoms with Gasteiger partial charge in [-0.2, -0.15) is 0 Å². The summed E-state index contributed by atoms with van der Waals surface area (Å²) in [5.41, 5.74) is 0.459. The lowest BCUT2D eigenvalue weighted by atomic mass is 9.98. The number of amides is 2. The molecule has 1 heterocycles. The van der Waals surface area contributed by atoms with E-state index in [1.165, 1.54) is 0 Å². The van der Waals surface area contributed by atoms with E-state index in [1.54, 1.807) is 0 Å². The van der Waals surface area contributed by atoms with Crippen molar-refractivity contribution in [2.75, 3.05) is 13.1 Å². The van der Waals surface area contributed by atoms with Crippen LogP contribution in [0.15, 0.2) is 24.3 Å². The lowest BCUT2D eigenvalue weighted by molar-refractivity contribution is -0.126. The number of ether oxygens (including phenoxy) is 1. The highest BCUT2D eigenvalue weighted by Crippen LogP contribution is 2.20. The number of hydrogen-bond acceptors (Lipinski definition) is 5. The Kier molecular flexibility index (Phi) is 10.2. The Balaban J connectivity index is 1.95. The minimum absolute atomic E-state index is 0.0194. The quantitative estimate of drug-likeness (QED) is 0.402. The first-order valence-electron chi connectivity index (χ1n) is 11.4. The van der Waals surface area contributed by atoms with Gasteiger partial charge in [-0.3, -0.25) is 9.69 Å². The van der Waals surface area contributed by atoms with Gasteiger partial charge in [-0.1, -0.05) is 26.0 Å². The molecule has 1 aromatic rings. The molecule has 1 aliphatic heterocycles. The van der Waals surface area contributed by atoms with Gasteiger partial charge in [-0.05, 0) is 92.8 Å². The summed E-state index contributed by atoms with van der Waals surface area (Å²) in [6.07, 6.45) is 0.962. The van der Waals surface area contributed by atoms with E-state index in [4.69, 9.17) is 4.74 Å². The molecule has 180 valence electrons. The molecule has 0 aromatic heterocycles. The van der Waals surface area contributed by atoms with E-state index in [0.717, 1.165) is 28.5 Å². The molecular formula is C24H38IN3O4. The zero-order valence-electron chi connectivity index (χ0n) is 19.9. The van der Waals surface area contributed by atoms with E-state index in [9.17, 15) is 14.7 Å². The molecular weight excluding hydrogens is 521 g/mol. The summed E-state index contributed by atoms with van der Waals surface area (Å²) < 4.78 is 6.51. The van der Waals surface area contributed by atoms with Gasteiger partial charge in [-0.25, -0.2) is 4.79 Å². The predicted molar refractivity (Wildman–Crippen MR) is 134 cm³/mol. The molecule has 2 rings (SSSR count). The number of rotatable bonds is 9. The number of carbonyl (C=O) groups is 2. The zero-order valence-corrected chi connectivity index (χ0v) is 22.0. The molecule has 8 heteroatoms. The van der Waals surface area contributed by atoms with Crippen molar-refractivity contribution in [2.45, 2.75) is 84.2 Å². The van der Waals surface area contributed by atoms with E-state index in [1.807, 2.05) is 57.7 Å². The van der Waals surface area contributed by atoms with Crippen molar-refractivity contribution in [1.82, 2.24) is 15.5 Å². The molecule has 2 amide bonds. The molecule has 1 fully saturated rings. The van der Waals surface area contributed by atoms with Crippen LogP contribution >= 0.6 is 22.6 Å². The fourth-order valence-electron chi connectivity index (χ4n) is 3.94. The van der Waals surface area contributed by atoms with Gasteiger partial charge < -0.3 is 20.5 Å². The molecule has 1 aromatic carbocycles. The number of nitrogens with zero attached hydrogens (tertiary/aromatic N) is 1. The first-order chi connectivity index (χ1) is 14.9. The van der Waals surface area contributed by atoms with Crippen molar-refractivity contribution in [2.24, 2.45) is 5.92 Å². The number of hydrogen-bond donors (Lipinski definition) is 3. The van der Waals surface area contributed by atoms with Gasteiger partial charge in [0.2, 0.25) is 5.91 Å². The van der Waals surface area contributed by atoms with Crippen LogP contribution in [-0.4, -0.2) is 58.9 Å². The highest BCUT2D eigenvalue weighted by Gasteiger charge is 2.34. The van der Waals surface area contributed by atoms with Crippen molar-refractivity contribution in [3.8, 4) is 0 Å². The fourth-order valence-corrected chi connectivity index (χ4v) is 4.55. The monoisotopic (exact) mass is 559 g/mol. The molecule has 0 spiro atoms. The molecule has 1 saturated heterocycles. The second-order valence-electron chi connectivity index (χ2n) is 9.95. The predicted octanol–water partition coefficient (Wildman–Crippen LogP) is 3.67. The van der Waals surface area contributed by atoms with E-state index in [-0.39, 0.29) is 17.9 Å². The minimum Gasteiger partial charge on any atom is -0.444 e. The summed E-state index contributed by atoms with van der Waals surface area (Å²) in [5.74, 6) is 0.269. The molecule has 3 N–H and O–H groups in total. The Morgan fingerprint density at radius 2 is 2.03 bits per heavy atom. The van der Waals surface area contributed by atoms with E-state index >= 15 is 0 Å². The third kappa shape index (κ3) is 9.23. The lowest BCUT2D eigenvalue weighted by Gasteiger charge is -2.32. The van der Waals surface area contributed by atoms with E-state index in [0.29, 0.717) is 19.5 Å². The van der Waals surface area contributed by atoms with E-state index < -0.39 is 23.8 Å². The van der Waals surface area contributed by atoms with Crippen molar-refractivity contribution in [3.63, 3.8) is 0 Å². The van der Waals surface area contributed by atoms with Crippen LogP contribution in [0.4, 0.5) is 4.79 Å². The Morgan fingerprint density at radius 1 is 1.31 bits per heavy atom. The standard InChI is InChI=1S/C24H38IN3O4/c1-16(2)12-19(27-23(31)32-24(3,4)5)21(29)15-28-11-7-10-20(28)22(30)26-14-17-8-6-9-18(25)13-17/h6,8-9,13,16,19-21,29H,7,10-12,14-15H2,1-5H3,(H,26,30)(H,27,31)/t19-,20-,21+/m0/s1. The second kappa shape index (κ2) is 12.2. The van der Waals surface area contributed by atoms with Crippen LogP contribution < -0.4 is 10.6 Å². The number of benzene rings is 1. The number of carbonyl (C=O) groups excluding carboxylic acids is 2. The van der Waals surface area contributed by atoms with Gasteiger partial charge in [0.1, 0.15) is 5.60 Å². The summed E-state index contributed by atoms with van der Waals surface area (Å²) in [6, 6.07) is 7.33. The Morgan fingerprint density at radius 3 is 2.66 bits per heavy atom. The number of β-amino-alcohol motifs (C(OH)–C–C–N with tert-alkyl or cyclic N) is 1. The summed E-state index contributed by atoms with van der Waals surface area (Å²) in [7, 11) is 0.